The molecule has 0 saturated heterocycles. The number of pyridine rings is 1. The summed E-state index contributed by atoms with van der Waals surface area (Å²) in [6, 6.07) is 13.5. The quantitative estimate of drug-likeness (QED) is 0.530. The van der Waals surface area contributed by atoms with E-state index in [0.29, 0.717) is 22.5 Å². The van der Waals surface area contributed by atoms with Gasteiger partial charge in [-0.15, -0.1) is 5.10 Å². The van der Waals surface area contributed by atoms with E-state index in [0.717, 1.165) is 28.2 Å². The fourth-order valence-corrected chi connectivity index (χ4v) is 2.89. The first-order valence-corrected chi connectivity index (χ1v) is 8.40. The van der Waals surface area contributed by atoms with Gasteiger partial charge in [-0.1, -0.05) is 30.0 Å². The van der Waals surface area contributed by atoms with Gasteiger partial charge in [0.25, 0.3) is 0 Å². The van der Waals surface area contributed by atoms with Gasteiger partial charge in [0.1, 0.15) is 5.76 Å². The smallest absolute Gasteiger partial charge is 0.313 e. The van der Waals surface area contributed by atoms with Gasteiger partial charge in [-0.25, -0.2) is 0 Å². The average Bonchev–Trinajstić information content (AvgIpc) is 3.29. The second-order valence-corrected chi connectivity index (χ2v) is 6.17. The van der Waals surface area contributed by atoms with Crippen LogP contribution in [0.2, 0.25) is 0 Å². The number of hydrogen-bond donors (Lipinski definition) is 2. The summed E-state index contributed by atoms with van der Waals surface area (Å²) < 4.78 is 5.84. The number of carbonyl (C=O) groups is 1. The van der Waals surface area contributed by atoms with E-state index in [9.17, 15) is 4.79 Å². The van der Waals surface area contributed by atoms with E-state index in [4.69, 9.17) is 9.52 Å². The van der Waals surface area contributed by atoms with Crippen molar-refractivity contribution in [3.05, 3.63) is 48.7 Å². The summed E-state index contributed by atoms with van der Waals surface area (Å²) in [7, 11) is 0. The van der Waals surface area contributed by atoms with Crippen molar-refractivity contribution in [3.8, 4) is 22.9 Å². The Hall–Kier alpha value is -3.13. The molecule has 0 unspecified atom stereocenters. The van der Waals surface area contributed by atoms with Crippen molar-refractivity contribution in [2.45, 2.75) is 5.16 Å². The van der Waals surface area contributed by atoms with Gasteiger partial charge in [-0.3, -0.25) is 14.9 Å². The van der Waals surface area contributed by atoms with Gasteiger partial charge in [0.2, 0.25) is 5.16 Å². The van der Waals surface area contributed by atoms with Gasteiger partial charge in [-0.2, -0.15) is 4.98 Å². The predicted octanol–water partition coefficient (Wildman–Crippen LogP) is 3.46. The molecule has 8 heteroatoms. The number of hydrogen-bond acceptors (Lipinski definition) is 6. The molecule has 0 amide bonds. The van der Waals surface area contributed by atoms with Crippen LogP contribution in [-0.2, 0) is 4.79 Å². The molecule has 0 spiro atoms. The van der Waals surface area contributed by atoms with Crippen LogP contribution in [0.3, 0.4) is 0 Å². The molecule has 25 heavy (non-hydrogen) atoms. The summed E-state index contributed by atoms with van der Waals surface area (Å²) >= 11 is 1.04. The lowest BCUT2D eigenvalue weighted by molar-refractivity contribution is -0.133. The molecule has 0 bridgehead atoms. The van der Waals surface area contributed by atoms with E-state index < -0.39 is 5.97 Å². The number of carboxylic acids is 1. The fraction of sp³-hybridized carbons (Fsp3) is 0.0588. The summed E-state index contributed by atoms with van der Waals surface area (Å²) in [6.45, 7) is 0. The number of nitrogens with zero attached hydrogens (tertiary/aromatic N) is 3. The van der Waals surface area contributed by atoms with E-state index in [1.165, 1.54) is 0 Å². The fourth-order valence-electron chi connectivity index (χ4n) is 2.37. The van der Waals surface area contributed by atoms with Crippen molar-refractivity contribution in [2.24, 2.45) is 0 Å². The maximum atomic E-state index is 10.6. The number of aliphatic carboxylic acids is 1. The predicted molar refractivity (Wildman–Crippen MR) is 93.2 cm³/mol. The van der Waals surface area contributed by atoms with Gasteiger partial charge in [0.15, 0.2) is 11.6 Å². The second-order valence-electron chi connectivity index (χ2n) is 5.23. The minimum absolute atomic E-state index is 0.0938. The number of carboxylic acid groups (broad SMARTS) is 1. The Morgan fingerprint density at radius 2 is 2.04 bits per heavy atom. The molecule has 124 valence electrons. The number of benzene rings is 1. The van der Waals surface area contributed by atoms with Crippen LogP contribution in [0, 0.1) is 0 Å². The minimum Gasteiger partial charge on any atom is -0.481 e. The van der Waals surface area contributed by atoms with Gasteiger partial charge >= 0.3 is 5.97 Å². The summed E-state index contributed by atoms with van der Waals surface area (Å²) in [5.74, 6) is 0.638. The Morgan fingerprint density at radius 3 is 2.92 bits per heavy atom. The SMILES string of the molecule is O=C(O)CSc1n[nH]c(-c2ccc(-c3cnc4ccccc4c3)o2)n1. The number of nitrogens with one attached hydrogen (secondary N) is 1. The van der Waals surface area contributed by atoms with Crippen molar-refractivity contribution >= 4 is 28.6 Å². The van der Waals surface area contributed by atoms with E-state index in [-0.39, 0.29) is 5.75 Å². The molecule has 0 fully saturated rings. The summed E-state index contributed by atoms with van der Waals surface area (Å²) in [6.07, 6.45) is 1.76. The van der Waals surface area contributed by atoms with E-state index in [1.54, 1.807) is 12.3 Å². The molecular formula is C17H12N4O3S. The molecular weight excluding hydrogens is 340 g/mol. The number of H-pyrrole nitrogens is 1. The average molecular weight is 352 g/mol. The first-order chi connectivity index (χ1) is 12.2. The molecule has 3 aromatic heterocycles. The van der Waals surface area contributed by atoms with Crippen molar-refractivity contribution in [1.82, 2.24) is 20.2 Å². The number of aromatic nitrogens is 4. The van der Waals surface area contributed by atoms with E-state index >= 15 is 0 Å². The third-order valence-corrected chi connectivity index (χ3v) is 4.34. The third-order valence-electron chi connectivity index (χ3n) is 3.50. The largest absolute Gasteiger partial charge is 0.481 e. The van der Waals surface area contributed by atoms with Crippen LogP contribution in [-0.4, -0.2) is 37.0 Å². The number of rotatable bonds is 5. The molecule has 0 radical (unpaired) electrons. The molecule has 3 heterocycles. The standard InChI is InChI=1S/C17H12N4O3S/c22-15(23)9-25-17-19-16(20-21-17)14-6-5-13(24-14)11-7-10-3-1-2-4-12(10)18-8-11/h1-8H,9H2,(H,22,23)(H,19,20,21). The van der Waals surface area contributed by atoms with Crippen molar-refractivity contribution in [2.75, 3.05) is 5.75 Å². The van der Waals surface area contributed by atoms with Crippen LogP contribution < -0.4 is 0 Å². The van der Waals surface area contributed by atoms with E-state index in [1.807, 2.05) is 36.4 Å². The van der Waals surface area contributed by atoms with Gasteiger partial charge < -0.3 is 9.52 Å². The Balaban J connectivity index is 1.60. The maximum absolute atomic E-state index is 10.6. The van der Waals surface area contributed by atoms with E-state index in [2.05, 4.69) is 20.2 Å². The number of furan rings is 1. The van der Waals surface area contributed by atoms with Crippen LogP contribution >= 0.6 is 11.8 Å². The molecule has 0 aliphatic rings. The zero-order valence-corrected chi connectivity index (χ0v) is 13.7. The highest BCUT2D eigenvalue weighted by atomic mass is 32.2. The minimum atomic E-state index is -0.916. The molecule has 0 saturated carbocycles. The molecule has 4 aromatic rings. The second kappa shape index (κ2) is 6.40. The maximum Gasteiger partial charge on any atom is 0.313 e. The molecule has 1 aromatic carbocycles. The van der Waals surface area contributed by atoms with Crippen LogP contribution in [0.5, 0.6) is 0 Å². The highest BCUT2D eigenvalue weighted by Gasteiger charge is 2.13. The number of fused-ring (bicyclic) bond motifs is 1. The van der Waals surface area contributed by atoms with Crippen LogP contribution in [0.1, 0.15) is 0 Å². The zero-order valence-electron chi connectivity index (χ0n) is 12.8. The molecule has 0 aliphatic carbocycles. The summed E-state index contributed by atoms with van der Waals surface area (Å²) in [5.41, 5.74) is 1.79. The number of thioether (sulfide) groups is 1. The van der Waals surface area contributed by atoms with Gasteiger partial charge in [-0.05, 0) is 24.3 Å². The zero-order chi connectivity index (χ0) is 17.2. The topological polar surface area (TPSA) is 105 Å². The van der Waals surface area contributed by atoms with Crippen molar-refractivity contribution in [3.63, 3.8) is 0 Å². The Bertz CT molecular complexity index is 1060. The van der Waals surface area contributed by atoms with Crippen molar-refractivity contribution in [1.29, 1.82) is 0 Å². The lowest BCUT2D eigenvalue weighted by Crippen LogP contribution is -1.97. The Morgan fingerprint density at radius 1 is 1.20 bits per heavy atom. The molecule has 0 aliphatic heterocycles. The highest BCUT2D eigenvalue weighted by molar-refractivity contribution is 7.99. The van der Waals surface area contributed by atoms with Gasteiger partial charge in [0.05, 0.1) is 11.3 Å². The normalized spacial score (nSPS) is 11.0. The number of aromatic amines is 1. The van der Waals surface area contributed by atoms with Crippen LogP contribution in [0.15, 0.2) is 58.2 Å². The summed E-state index contributed by atoms with van der Waals surface area (Å²) in [4.78, 5) is 19.3. The number of para-hydroxylation sites is 1. The third kappa shape index (κ3) is 3.24. The highest BCUT2D eigenvalue weighted by Crippen LogP contribution is 2.28. The first kappa shape index (κ1) is 15.4. The first-order valence-electron chi connectivity index (χ1n) is 7.41. The van der Waals surface area contributed by atoms with Crippen molar-refractivity contribution < 1.29 is 14.3 Å². The Labute approximate surface area is 146 Å². The monoisotopic (exact) mass is 352 g/mol. The molecule has 2 N–H and O–H groups in total. The van der Waals surface area contributed by atoms with Crippen LogP contribution in [0.25, 0.3) is 33.8 Å². The lowest BCUT2D eigenvalue weighted by atomic mass is 10.1. The van der Waals surface area contributed by atoms with Gasteiger partial charge in [0, 0.05) is 17.1 Å². The lowest BCUT2D eigenvalue weighted by Gasteiger charge is -2.00. The molecule has 0 atom stereocenters. The summed E-state index contributed by atoms with van der Waals surface area (Å²) in [5, 5.41) is 16.8. The Kier molecular flexibility index (Phi) is 3.95. The van der Waals surface area contributed by atoms with Crippen LogP contribution in [0.4, 0.5) is 0 Å². The molecule has 7 nitrogen and oxygen atoms in total. The molecule has 4 rings (SSSR count).